The van der Waals surface area contributed by atoms with E-state index in [1.54, 1.807) is 29.2 Å². The Morgan fingerprint density at radius 3 is 2.67 bits per heavy atom. The molecule has 1 fully saturated rings. The number of ether oxygens (including phenoxy) is 1. The third-order valence-electron chi connectivity index (χ3n) is 4.86. The number of carbonyl (C=O) groups excluding carboxylic acids is 1. The first-order chi connectivity index (χ1) is 14.3. The fraction of sp³-hybridized carbons (Fsp3) is 0.368. The lowest BCUT2D eigenvalue weighted by Gasteiger charge is -2.31. The standard InChI is InChI=1S/C19H17F3N4O4/c20-19(21,22)15-5-8-23-17(24-15)29-12-6-9-25(10-7-12)16(27)11-26-13-3-1-2-4-14(13)30-18(26)28/h1-5,8,12H,6-7,9-11H2. The van der Waals surface area contributed by atoms with Crippen molar-refractivity contribution in [2.75, 3.05) is 13.1 Å². The minimum absolute atomic E-state index is 0.155. The second-order valence-corrected chi connectivity index (χ2v) is 6.84. The van der Waals surface area contributed by atoms with Crippen molar-refractivity contribution in [2.45, 2.75) is 31.7 Å². The van der Waals surface area contributed by atoms with E-state index in [4.69, 9.17) is 9.15 Å². The number of piperidine rings is 1. The molecule has 0 unspecified atom stereocenters. The van der Waals surface area contributed by atoms with E-state index in [-0.39, 0.29) is 18.5 Å². The summed E-state index contributed by atoms with van der Waals surface area (Å²) >= 11 is 0. The number of fused-ring (bicyclic) bond motifs is 1. The molecule has 11 heteroatoms. The zero-order valence-electron chi connectivity index (χ0n) is 15.6. The van der Waals surface area contributed by atoms with Crippen molar-refractivity contribution in [2.24, 2.45) is 0 Å². The van der Waals surface area contributed by atoms with E-state index < -0.39 is 23.7 Å². The molecule has 0 N–H and O–H groups in total. The number of rotatable bonds is 4. The lowest BCUT2D eigenvalue weighted by Crippen LogP contribution is -2.43. The van der Waals surface area contributed by atoms with E-state index in [0.717, 1.165) is 12.3 Å². The van der Waals surface area contributed by atoms with Crippen LogP contribution in [-0.2, 0) is 17.5 Å². The molecule has 0 radical (unpaired) electrons. The van der Waals surface area contributed by atoms with E-state index in [1.165, 1.54) is 4.57 Å². The van der Waals surface area contributed by atoms with E-state index in [9.17, 15) is 22.8 Å². The Morgan fingerprint density at radius 1 is 1.20 bits per heavy atom. The van der Waals surface area contributed by atoms with Gasteiger partial charge in [0.25, 0.3) is 0 Å². The molecular formula is C19H17F3N4O4. The van der Waals surface area contributed by atoms with Gasteiger partial charge < -0.3 is 14.1 Å². The maximum atomic E-state index is 12.7. The van der Waals surface area contributed by atoms with Crippen molar-refractivity contribution in [1.29, 1.82) is 0 Å². The second kappa shape index (κ2) is 7.81. The van der Waals surface area contributed by atoms with Crippen LogP contribution in [0.3, 0.4) is 0 Å². The molecule has 1 aromatic carbocycles. The highest BCUT2D eigenvalue weighted by molar-refractivity contribution is 5.79. The predicted octanol–water partition coefficient (Wildman–Crippen LogP) is 2.47. The highest BCUT2D eigenvalue weighted by atomic mass is 19.4. The van der Waals surface area contributed by atoms with Crippen molar-refractivity contribution < 1.29 is 27.1 Å². The summed E-state index contributed by atoms with van der Waals surface area (Å²) < 4.78 is 50.1. The number of carbonyl (C=O) groups is 1. The molecule has 0 aliphatic carbocycles. The average Bonchev–Trinajstić information content (AvgIpc) is 3.03. The van der Waals surface area contributed by atoms with Gasteiger partial charge in [0.2, 0.25) is 5.91 Å². The molecule has 1 saturated heterocycles. The van der Waals surface area contributed by atoms with Crippen molar-refractivity contribution >= 4 is 17.0 Å². The third-order valence-corrected chi connectivity index (χ3v) is 4.86. The van der Waals surface area contributed by atoms with Gasteiger partial charge in [0.15, 0.2) is 11.3 Å². The number of para-hydroxylation sites is 2. The summed E-state index contributed by atoms with van der Waals surface area (Å²) in [5.74, 6) is -0.859. The number of halogens is 3. The third kappa shape index (κ3) is 4.14. The monoisotopic (exact) mass is 422 g/mol. The van der Waals surface area contributed by atoms with Crippen LogP contribution in [0.2, 0.25) is 0 Å². The van der Waals surface area contributed by atoms with Crippen molar-refractivity contribution in [3.63, 3.8) is 0 Å². The fourth-order valence-electron chi connectivity index (χ4n) is 3.33. The fourth-order valence-corrected chi connectivity index (χ4v) is 3.33. The zero-order valence-corrected chi connectivity index (χ0v) is 15.6. The molecule has 1 amide bonds. The Morgan fingerprint density at radius 2 is 1.93 bits per heavy atom. The molecular weight excluding hydrogens is 405 g/mol. The number of hydrogen-bond donors (Lipinski definition) is 0. The first-order valence-electron chi connectivity index (χ1n) is 9.24. The minimum atomic E-state index is -4.58. The SMILES string of the molecule is O=C(Cn1c(=O)oc2ccccc21)N1CCC(Oc2nccc(C(F)(F)F)n2)CC1. The van der Waals surface area contributed by atoms with Gasteiger partial charge in [-0.2, -0.15) is 18.2 Å². The van der Waals surface area contributed by atoms with E-state index >= 15 is 0 Å². The molecule has 3 aromatic rings. The van der Waals surface area contributed by atoms with Gasteiger partial charge in [0.1, 0.15) is 12.6 Å². The molecule has 4 rings (SSSR count). The number of likely N-dealkylation sites (tertiary alicyclic amines) is 1. The summed E-state index contributed by atoms with van der Waals surface area (Å²) in [5, 5.41) is 0. The summed E-state index contributed by atoms with van der Waals surface area (Å²) in [6.07, 6.45) is -3.17. The van der Waals surface area contributed by atoms with Crippen molar-refractivity contribution in [3.05, 3.63) is 52.8 Å². The summed E-state index contributed by atoms with van der Waals surface area (Å²) in [6.45, 7) is 0.526. The molecule has 3 heterocycles. The zero-order chi connectivity index (χ0) is 21.3. The average molecular weight is 422 g/mol. The lowest BCUT2D eigenvalue weighted by atomic mass is 10.1. The van der Waals surface area contributed by atoms with Gasteiger partial charge in [-0.05, 0) is 18.2 Å². The molecule has 8 nitrogen and oxygen atoms in total. The molecule has 1 aliphatic heterocycles. The largest absolute Gasteiger partial charge is 0.460 e. The topological polar surface area (TPSA) is 90.5 Å². The molecule has 0 atom stereocenters. The van der Waals surface area contributed by atoms with Crippen LogP contribution in [-0.4, -0.2) is 44.5 Å². The Hall–Kier alpha value is -3.37. The number of alkyl halides is 3. The Labute approximate surface area is 167 Å². The number of amides is 1. The number of benzene rings is 1. The Kier molecular flexibility index (Phi) is 5.18. The summed E-state index contributed by atoms with van der Waals surface area (Å²) in [5.41, 5.74) is -0.128. The summed E-state index contributed by atoms with van der Waals surface area (Å²) in [4.78, 5) is 33.3. The molecule has 158 valence electrons. The highest BCUT2D eigenvalue weighted by Crippen LogP contribution is 2.28. The van der Waals surface area contributed by atoms with Crippen LogP contribution in [0.5, 0.6) is 6.01 Å². The molecule has 0 saturated carbocycles. The summed E-state index contributed by atoms with van der Waals surface area (Å²) in [6, 6.07) is 7.26. The minimum Gasteiger partial charge on any atom is -0.460 e. The molecule has 30 heavy (non-hydrogen) atoms. The van der Waals surface area contributed by atoms with Crippen molar-refractivity contribution in [1.82, 2.24) is 19.4 Å². The number of hydrogen-bond acceptors (Lipinski definition) is 6. The molecule has 0 bridgehead atoms. The van der Waals surface area contributed by atoms with Gasteiger partial charge in [-0.25, -0.2) is 9.78 Å². The number of nitrogens with zero attached hydrogens (tertiary/aromatic N) is 4. The maximum Gasteiger partial charge on any atom is 0.433 e. The van der Waals surface area contributed by atoms with Gasteiger partial charge in [-0.1, -0.05) is 12.1 Å². The van der Waals surface area contributed by atoms with E-state index in [1.807, 2.05) is 0 Å². The van der Waals surface area contributed by atoms with Crippen LogP contribution in [0.1, 0.15) is 18.5 Å². The van der Waals surface area contributed by atoms with E-state index in [0.29, 0.717) is 37.0 Å². The van der Waals surface area contributed by atoms with Gasteiger partial charge in [-0.3, -0.25) is 9.36 Å². The Bertz CT molecular complexity index is 1120. The van der Waals surface area contributed by atoms with Crippen LogP contribution in [0.25, 0.3) is 11.1 Å². The number of aromatic nitrogens is 3. The van der Waals surface area contributed by atoms with Gasteiger partial charge >= 0.3 is 17.9 Å². The molecule has 2 aromatic heterocycles. The van der Waals surface area contributed by atoms with Crippen LogP contribution in [0.4, 0.5) is 13.2 Å². The first kappa shape index (κ1) is 19.9. The normalized spacial score (nSPS) is 15.5. The van der Waals surface area contributed by atoms with Gasteiger partial charge in [-0.15, -0.1) is 0 Å². The molecule has 1 aliphatic rings. The van der Waals surface area contributed by atoms with Crippen LogP contribution in [0.15, 0.2) is 45.7 Å². The van der Waals surface area contributed by atoms with Crippen molar-refractivity contribution in [3.8, 4) is 6.01 Å². The maximum absolute atomic E-state index is 12.7. The smallest absolute Gasteiger partial charge is 0.433 e. The highest BCUT2D eigenvalue weighted by Gasteiger charge is 2.33. The lowest BCUT2D eigenvalue weighted by molar-refractivity contribution is -0.141. The quantitative estimate of drug-likeness (QED) is 0.642. The summed E-state index contributed by atoms with van der Waals surface area (Å²) in [7, 11) is 0. The van der Waals surface area contributed by atoms with E-state index in [2.05, 4.69) is 9.97 Å². The van der Waals surface area contributed by atoms with Gasteiger partial charge in [0.05, 0.1) is 5.52 Å². The Balaban J connectivity index is 1.36. The first-order valence-corrected chi connectivity index (χ1v) is 9.24. The molecule has 0 spiro atoms. The van der Waals surface area contributed by atoms with Crippen LogP contribution in [0, 0.1) is 0 Å². The predicted molar refractivity (Wildman–Crippen MR) is 97.7 cm³/mol. The van der Waals surface area contributed by atoms with Gasteiger partial charge in [0, 0.05) is 32.1 Å². The van der Waals surface area contributed by atoms with Crippen LogP contribution < -0.4 is 10.5 Å². The number of oxazole rings is 1. The second-order valence-electron chi connectivity index (χ2n) is 6.84. The van der Waals surface area contributed by atoms with Crippen LogP contribution >= 0.6 is 0 Å².